The number of aliphatic carboxylic acids is 1. The first-order chi connectivity index (χ1) is 19.4. The fourth-order valence-electron chi connectivity index (χ4n) is 3.81. The standard InChI is InChI=1S/C27H41N3O10/c1-2-26(34)39-21-23-18-30(11-10-29(23)19-25(32)33)24(31)8-12-36-14-16-38-17-15-37-13-9-28-27(35)40-20-22-6-4-3-5-7-22/h3-7,23H,2,8-21H2,1H3,(H,28,35)(H,32,33). The van der Waals surface area contributed by atoms with Crippen LogP contribution in [-0.4, -0.2) is 124 Å². The summed E-state index contributed by atoms with van der Waals surface area (Å²) in [6.45, 7) is 5.12. The van der Waals surface area contributed by atoms with E-state index >= 15 is 0 Å². The zero-order valence-corrected chi connectivity index (χ0v) is 23.1. The van der Waals surface area contributed by atoms with Crippen molar-refractivity contribution in [2.24, 2.45) is 0 Å². The number of carboxylic acids is 1. The van der Waals surface area contributed by atoms with Crippen molar-refractivity contribution in [2.75, 3.05) is 79.0 Å². The van der Waals surface area contributed by atoms with E-state index in [4.69, 9.17) is 28.8 Å². The van der Waals surface area contributed by atoms with Crippen LogP contribution in [0.2, 0.25) is 0 Å². The van der Waals surface area contributed by atoms with Crippen molar-refractivity contribution < 1.29 is 48.0 Å². The number of amides is 2. The van der Waals surface area contributed by atoms with E-state index in [1.54, 1.807) is 16.7 Å². The lowest BCUT2D eigenvalue weighted by Crippen LogP contribution is -2.57. The van der Waals surface area contributed by atoms with E-state index in [0.29, 0.717) is 52.7 Å². The van der Waals surface area contributed by atoms with Crippen LogP contribution in [0.25, 0.3) is 0 Å². The Morgan fingerprint density at radius 3 is 2.27 bits per heavy atom. The summed E-state index contributed by atoms with van der Waals surface area (Å²) in [6, 6.07) is 9.04. The second-order valence-electron chi connectivity index (χ2n) is 8.97. The predicted octanol–water partition coefficient (Wildman–Crippen LogP) is 0.903. The Bertz CT molecular complexity index is 902. The summed E-state index contributed by atoms with van der Waals surface area (Å²) in [5.74, 6) is -1.44. The number of carboxylic acid groups (broad SMARTS) is 1. The number of hydrogen-bond donors (Lipinski definition) is 2. The van der Waals surface area contributed by atoms with Crippen LogP contribution in [0.5, 0.6) is 0 Å². The summed E-state index contributed by atoms with van der Waals surface area (Å²) in [4.78, 5) is 50.3. The number of ether oxygens (including phenoxy) is 5. The number of carbonyl (C=O) groups is 4. The van der Waals surface area contributed by atoms with Gasteiger partial charge in [-0.25, -0.2) is 4.79 Å². The molecule has 0 saturated carbocycles. The molecular formula is C27H41N3O10. The lowest BCUT2D eigenvalue weighted by atomic mass is 10.1. The third kappa shape index (κ3) is 14.2. The number of nitrogens with zero attached hydrogens (tertiary/aromatic N) is 2. The van der Waals surface area contributed by atoms with E-state index in [-0.39, 0.29) is 63.7 Å². The molecule has 1 aromatic carbocycles. The second-order valence-corrected chi connectivity index (χ2v) is 8.97. The minimum absolute atomic E-state index is 0.0408. The molecule has 0 aliphatic carbocycles. The summed E-state index contributed by atoms with van der Waals surface area (Å²) in [7, 11) is 0. The average Bonchev–Trinajstić information content (AvgIpc) is 2.96. The maximum atomic E-state index is 12.6. The molecule has 1 saturated heterocycles. The van der Waals surface area contributed by atoms with Gasteiger partial charge < -0.3 is 39.0 Å². The van der Waals surface area contributed by atoms with E-state index in [9.17, 15) is 19.2 Å². The molecule has 40 heavy (non-hydrogen) atoms. The molecule has 0 spiro atoms. The summed E-state index contributed by atoms with van der Waals surface area (Å²) in [5, 5.41) is 11.7. The highest BCUT2D eigenvalue weighted by Crippen LogP contribution is 2.12. The number of carbonyl (C=O) groups excluding carboxylic acids is 3. The van der Waals surface area contributed by atoms with Crippen LogP contribution in [0.15, 0.2) is 30.3 Å². The van der Waals surface area contributed by atoms with Crippen molar-refractivity contribution >= 4 is 23.9 Å². The molecule has 0 radical (unpaired) electrons. The molecule has 224 valence electrons. The van der Waals surface area contributed by atoms with Gasteiger partial charge in [0.2, 0.25) is 5.91 Å². The SMILES string of the molecule is CCC(=O)OCC1CN(C(=O)CCOCCOCCOCCNC(=O)OCc2ccccc2)CCN1CC(=O)O. The molecule has 1 aromatic rings. The second kappa shape index (κ2) is 19.7. The Kier molecular flexibility index (Phi) is 16.3. The number of hydrogen-bond acceptors (Lipinski definition) is 10. The molecule has 1 heterocycles. The number of nitrogens with one attached hydrogen (secondary N) is 1. The molecule has 13 heteroatoms. The number of rotatable bonds is 19. The quantitative estimate of drug-likeness (QED) is 0.181. The largest absolute Gasteiger partial charge is 0.480 e. The molecule has 2 N–H and O–H groups in total. The average molecular weight is 568 g/mol. The molecule has 1 unspecified atom stereocenters. The van der Waals surface area contributed by atoms with Crippen molar-refractivity contribution in [3.8, 4) is 0 Å². The predicted molar refractivity (Wildman–Crippen MR) is 143 cm³/mol. The molecule has 0 aromatic heterocycles. The maximum Gasteiger partial charge on any atom is 0.407 e. The lowest BCUT2D eigenvalue weighted by Gasteiger charge is -2.40. The minimum atomic E-state index is -0.970. The van der Waals surface area contributed by atoms with Crippen molar-refractivity contribution in [2.45, 2.75) is 32.4 Å². The Morgan fingerprint density at radius 2 is 1.60 bits per heavy atom. The first-order valence-corrected chi connectivity index (χ1v) is 13.5. The number of benzene rings is 1. The van der Waals surface area contributed by atoms with Crippen LogP contribution >= 0.6 is 0 Å². The molecule has 2 rings (SSSR count). The van der Waals surface area contributed by atoms with Crippen LogP contribution in [0, 0.1) is 0 Å². The van der Waals surface area contributed by atoms with Gasteiger partial charge in [-0.2, -0.15) is 0 Å². The first kappa shape index (κ1) is 32.9. The summed E-state index contributed by atoms with van der Waals surface area (Å²) < 4.78 is 26.6. The molecule has 1 aliphatic heterocycles. The summed E-state index contributed by atoms with van der Waals surface area (Å²) in [6.07, 6.45) is -0.0880. The van der Waals surface area contributed by atoms with Gasteiger partial charge in [0.05, 0.1) is 58.6 Å². The first-order valence-electron chi connectivity index (χ1n) is 13.5. The third-order valence-corrected chi connectivity index (χ3v) is 5.95. The van der Waals surface area contributed by atoms with E-state index in [1.165, 1.54) is 0 Å². The van der Waals surface area contributed by atoms with Crippen molar-refractivity contribution in [3.63, 3.8) is 0 Å². The lowest BCUT2D eigenvalue weighted by molar-refractivity contribution is -0.148. The van der Waals surface area contributed by atoms with E-state index in [0.717, 1.165) is 5.56 Å². The van der Waals surface area contributed by atoms with Gasteiger partial charge in [0.25, 0.3) is 0 Å². The Balaban J connectivity index is 1.46. The van der Waals surface area contributed by atoms with Gasteiger partial charge in [-0.1, -0.05) is 37.3 Å². The Hall–Kier alpha value is -3.26. The molecule has 0 bridgehead atoms. The molecule has 1 aliphatic rings. The van der Waals surface area contributed by atoms with Gasteiger partial charge in [0.1, 0.15) is 13.2 Å². The Labute approximate surface area is 234 Å². The minimum Gasteiger partial charge on any atom is -0.480 e. The number of esters is 1. The van der Waals surface area contributed by atoms with Crippen LogP contribution < -0.4 is 5.32 Å². The van der Waals surface area contributed by atoms with Gasteiger partial charge in [-0.3, -0.25) is 19.3 Å². The Morgan fingerprint density at radius 1 is 0.925 bits per heavy atom. The molecule has 2 amide bonds. The zero-order valence-electron chi connectivity index (χ0n) is 23.1. The molecular weight excluding hydrogens is 526 g/mol. The highest BCUT2D eigenvalue weighted by atomic mass is 16.6. The van der Waals surface area contributed by atoms with Crippen LogP contribution in [-0.2, 0) is 44.7 Å². The van der Waals surface area contributed by atoms with Crippen LogP contribution in [0.1, 0.15) is 25.3 Å². The van der Waals surface area contributed by atoms with Gasteiger partial charge >= 0.3 is 18.0 Å². The smallest absolute Gasteiger partial charge is 0.407 e. The normalized spacial score (nSPS) is 15.4. The monoisotopic (exact) mass is 567 g/mol. The molecule has 1 fully saturated rings. The fourth-order valence-corrected chi connectivity index (χ4v) is 3.81. The topological polar surface area (TPSA) is 153 Å². The molecule has 1 atom stereocenters. The van der Waals surface area contributed by atoms with Crippen molar-refractivity contribution in [3.05, 3.63) is 35.9 Å². The number of piperazine rings is 1. The highest BCUT2D eigenvalue weighted by molar-refractivity contribution is 5.76. The van der Waals surface area contributed by atoms with Gasteiger partial charge in [-0.15, -0.1) is 0 Å². The molecule has 13 nitrogen and oxygen atoms in total. The van der Waals surface area contributed by atoms with Crippen molar-refractivity contribution in [1.29, 1.82) is 0 Å². The fraction of sp³-hybridized carbons (Fsp3) is 0.630. The zero-order chi connectivity index (χ0) is 29.0. The van der Waals surface area contributed by atoms with E-state index in [2.05, 4.69) is 5.32 Å². The van der Waals surface area contributed by atoms with E-state index in [1.807, 2.05) is 30.3 Å². The van der Waals surface area contributed by atoms with Crippen LogP contribution in [0.4, 0.5) is 4.79 Å². The van der Waals surface area contributed by atoms with Gasteiger partial charge in [0.15, 0.2) is 0 Å². The number of alkyl carbamates (subject to hydrolysis) is 1. The third-order valence-electron chi connectivity index (χ3n) is 5.95. The van der Waals surface area contributed by atoms with Gasteiger partial charge in [-0.05, 0) is 5.56 Å². The summed E-state index contributed by atoms with van der Waals surface area (Å²) >= 11 is 0. The maximum absolute atomic E-state index is 12.6. The summed E-state index contributed by atoms with van der Waals surface area (Å²) in [5.41, 5.74) is 0.913. The van der Waals surface area contributed by atoms with E-state index < -0.39 is 12.1 Å². The van der Waals surface area contributed by atoms with Crippen molar-refractivity contribution in [1.82, 2.24) is 15.1 Å². The van der Waals surface area contributed by atoms with Crippen LogP contribution in [0.3, 0.4) is 0 Å². The van der Waals surface area contributed by atoms with Gasteiger partial charge in [0, 0.05) is 32.6 Å². The highest BCUT2D eigenvalue weighted by Gasteiger charge is 2.31.